The number of nitrogens with one attached hydrogen (secondary N) is 2. The van der Waals surface area contributed by atoms with Gasteiger partial charge in [0.05, 0.1) is 25.3 Å². The van der Waals surface area contributed by atoms with Crippen molar-refractivity contribution in [2.45, 2.75) is 19.4 Å². The van der Waals surface area contributed by atoms with Gasteiger partial charge in [0.1, 0.15) is 16.6 Å². The minimum atomic E-state index is -0.304. The van der Waals surface area contributed by atoms with Gasteiger partial charge in [0.25, 0.3) is 0 Å². The molecule has 1 amide bonds. The fourth-order valence-corrected chi connectivity index (χ4v) is 3.25. The van der Waals surface area contributed by atoms with Crippen LogP contribution in [0.4, 0.5) is 15.2 Å². The lowest BCUT2D eigenvalue weighted by Gasteiger charge is -2.13. The zero-order chi connectivity index (χ0) is 19.2. The molecule has 0 fully saturated rings. The normalized spacial score (nSPS) is 11.7. The van der Waals surface area contributed by atoms with Gasteiger partial charge in [0.2, 0.25) is 11.0 Å². The molecule has 2 aromatic carbocycles. The number of halogens is 1. The molecule has 1 aromatic heterocycles. The average Bonchev–Trinajstić information content (AvgIpc) is 3.09. The quantitative estimate of drug-likeness (QED) is 0.645. The van der Waals surface area contributed by atoms with Crippen molar-refractivity contribution >= 4 is 28.1 Å². The summed E-state index contributed by atoms with van der Waals surface area (Å²) in [5, 5.41) is 15.3. The molecule has 0 aliphatic rings. The van der Waals surface area contributed by atoms with Crippen LogP contribution in [-0.2, 0) is 11.2 Å². The van der Waals surface area contributed by atoms with Crippen molar-refractivity contribution in [1.82, 2.24) is 15.5 Å². The predicted octanol–water partition coefficient (Wildman–Crippen LogP) is 3.85. The molecule has 6 nitrogen and oxygen atoms in total. The van der Waals surface area contributed by atoms with Gasteiger partial charge in [-0.05, 0) is 36.8 Å². The second-order valence-corrected chi connectivity index (χ2v) is 6.91. The van der Waals surface area contributed by atoms with Crippen LogP contribution in [0.3, 0.4) is 0 Å². The molecule has 0 aliphatic carbocycles. The van der Waals surface area contributed by atoms with E-state index in [0.29, 0.717) is 15.9 Å². The van der Waals surface area contributed by atoms with Crippen LogP contribution in [0.25, 0.3) is 0 Å². The molecule has 8 heteroatoms. The number of carbonyl (C=O) groups is 1. The summed E-state index contributed by atoms with van der Waals surface area (Å²) in [7, 11) is 1.60. The summed E-state index contributed by atoms with van der Waals surface area (Å²) in [6.45, 7) is 1.85. The van der Waals surface area contributed by atoms with Crippen LogP contribution in [0.1, 0.15) is 23.5 Å². The largest absolute Gasteiger partial charge is 0.495 e. The number of hydrogen-bond donors (Lipinski definition) is 2. The van der Waals surface area contributed by atoms with Gasteiger partial charge in [-0.2, -0.15) is 0 Å². The molecule has 0 spiro atoms. The third-order valence-corrected chi connectivity index (χ3v) is 4.71. The van der Waals surface area contributed by atoms with Crippen molar-refractivity contribution in [3.8, 4) is 5.75 Å². The van der Waals surface area contributed by atoms with Gasteiger partial charge in [-0.1, -0.05) is 35.6 Å². The molecule has 1 heterocycles. The lowest BCUT2D eigenvalue weighted by molar-refractivity contribution is -0.121. The standard InChI is InChI=1S/C19H19FN4O2S/c1-12(13-7-9-14(20)10-8-13)21-17(25)11-18-23-24-19(27-18)22-15-5-3-4-6-16(15)26-2/h3-10,12H,11H2,1-2H3,(H,21,25)(H,22,24)/t12-/m1/s1. The number of methoxy groups -OCH3 is 1. The molecule has 0 saturated carbocycles. The zero-order valence-electron chi connectivity index (χ0n) is 14.9. The van der Waals surface area contributed by atoms with Gasteiger partial charge in [0, 0.05) is 0 Å². The summed E-state index contributed by atoms with van der Waals surface area (Å²) in [6.07, 6.45) is 0.122. The Labute approximate surface area is 160 Å². The minimum Gasteiger partial charge on any atom is -0.495 e. The summed E-state index contributed by atoms with van der Waals surface area (Å²) >= 11 is 1.30. The fourth-order valence-electron chi connectivity index (χ4n) is 2.50. The van der Waals surface area contributed by atoms with Crippen LogP contribution in [0, 0.1) is 5.82 Å². The first-order valence-corrected chi connectivity index (χ1v) is 9.14. The van der Waals surface area contributed by atoms with Crippen LogP contribution in [0.2, 0.25) is 0 Å². The van der Waals surface area contributed by atoms with E-state index in [4.69, 9.17) is 4.74 Å². The van der Waals surface area contributed by atoms with Gasteiger partial charge in [-0.15, -0.1) is 10.2 Å². The first-order valence-electron chi connectivity index (χ1n) is 8.32. The lowest BCUT2D eigenvalue weighted by Crippen LogP contribution is -2.28. The first-order chi connectivity index (χ1) is 13.0. The molecule has 3 aromatic rings. The Kier molecular flexibility index (Phi) is 5.97. The van der Waals surface area contributed by atoms with Gasteiger partial charge < -0.3 is 15.4 Å². The number of para-hydroxylation sites is 2. The van der Waals surface area contributed by atoms with Crippen LogP contribution in [-0.4, -0.2) is 23.2 Å². The summed E-state index contributed by atoms with van der Waals surface area (Å²) < 4.78 is 18.3. The number of carbonyl (C=O) groups excluding carboxylic acids is 1. The van der Waals surface area contributed by atoms with Gasteiger partial charge >= 0.3 is 0 Å². The Morgan fingerprint density at radius 1 is 1.19 bits per heavy atom. The molecule has 27 heavy (non-hydrogen) atoms. The van der Waals surface area contributed by atoms with Crippen LogP contribution in [0.5, 0.6) is 5.75 Å². The second kappa shape index (κ2) is 8.59. The van der Waals surface area contributed by atoms with E-state index in [2.05, 4.69) is 20.8 Å². The van der Waals surface area contributed by atoms with Gasteiger partial charge in [-0.3, -0.25) is 4.79 Å². The van der Waals surface area contributed by atoms with Crippen molar-refractivity contribution in [2.75, 3.05) is 12.4 Å². The van der Waals surface area contributed by atoms with Gasteiger partial charge in [-0.25, -0.2) is 4.39 Å². The van der Waals surface area contributed by atoms with E-state index < -0.39 is 0 Å². The van der Waals surface area contributed by atoms with E-state index in [1.54, 1.807) is 19.2 Å². The Bertz CT molecular complexity index is 914. The number of rotatable bonds is 7. The molecule has 2 N–H and O–H groups in total. The summed E-state index contributed by atoms with van der Waals surface area (Å²) in [5.41, 5.74) is 1.61. The average molecular weight is 386 g/mol. The van der Waals surface area contributed by atoms with Crippen molar-refractivity contribution in [3.05, 3.63) is 64.9 Å². The van der Waals surface area contributed by atoms with E-state index in [1.165, 1.54) is 23.5 Å². The van der Waals surface area contributed by atoms with Crippen LogP contribution < -0.4 is 15.4 Å². The van der Waals surface area contributed by atoms with Crippen molar-refractivity contribution in [1.29, 1.82) is 0 Å². The van der Waals surface area contributed by atoms with E-state index in [0.717, 1.165) is 11.3 Å². The number of amides is 1. The molecule has 140 valence electrons. The summed E-state index contributed by atoms with van der Waals surface area (Å²) in [6, 6.07) is 13.3. The monoisotopic (exact) mass is 386 g/mol. The molecule has 0 unspecified atom stereocenters. The summed E-state index contributed by atoms with van der Waals surface area (Å²) in [5.74, 6) is 0.216. The molecule has 0 radical (unpaired) electrons. The maximum Gasteiger partial charge on any atom is 0.227 e. The van der Waals surface area contributed by atoms with Crippen molar-refractivity contribution < 1.29 is 13.9 Å². The molecule has 0 aliphatic heterocycles. The number of aromatic nitrogens is 2. The van der Waals surface area contributed by atoms with Crippen molar-refractivity contribution in [2.24, 2.45) is 0 Å². The molecular weight excluding hydrogens is 367 g/mol. The Hall–Kier alpha value is -3.00. The Morgan fingerprint density at radius 3 is 2.67 bits per heavy atom. The zero-order valence-corrected chi connectivity index (χ0v) is 15.7. The molecule has 3 rings (SSSR count). The fraction of sp³-hybridized carbons (Fsp3) is 0.211. The Balaban J connectivity index is 1.58. The molecular formula is C19H19FN4O2S. The second-order valence-electron chi connectivity index (χ2n) is 5.84. The lowest BCUT2D eigenvalue weighted by atomic mass is 10.1. The third-order valence-electron chi connectivity index (χ3n) is 3.87. The first kappa shape index (κ1) is 18.8. The molecule has 0 saturated heterocycles. The smallest absolute Gasteiger partial charge is 0.227 e. The van der Waals surface area contributed by atoms with E-state index in [9.17, 15) is 9.18 Å². The molecule has 1 atom stereocenters. The summed E-state index contributed by atoms with van der Waals surface area (Å²) in [4.78, 5) is 12.2. The van der Waals surface area contributed by atoms with E-state index in [1.807, 2.05) is 31.2 Å². The van der Waals surface area contributed by atoms with E-state index in [-0.39, 0.29) is 24.2 Å². The third kappa shape index (κ3) is 5.01. The highest BCUT2D eigenvalue weighted by molar-refractivity contribution is 7.15. The van der Waals surface area contributed by atoms with E-state index >= 15 is 0 Å². The molecule has 0 bridgehead atoms. The van der Waals surface area contributed by atoms with Gasteiger partial charge in [0.15, 0.2) is 0 Å². The highest BCUT2D eigenvalue weighted by Gasteiger charge is 2.14. The number of nitrogens with zero attached hydrogens (tertiary/aromatic N) is 2. The number of anilines is 2. The maximum atomic E-state index is 13.0. The number of ether oxygens (including phenoxy) is 1. The van der Waals surface area contributed by atoms with Crippen LogP contribution in [0.15, 0.2) is 48.5 Å². The SMILES string of the molecule is COc1ccccc1Nc1nnc(CC(=O)N[C@H](C)c2ccc(F)cc2)s1. The predicted molar refractivity (Wildman–Crippen MR) is 103 cm³/mol. The van der Waals surface area contributed by atoms with Crippen molar-refractivity contribution in [3.63, 3.8) is 0 Å². The number of benzene rings is 2. The maximum absolute atomic E-state index is 13.0. The highest BCUT2D eigenvalue weighted by Crippen LogP contribution is 2.28. The number of hydrogen-bond acceptors (Lipinski definition) is 6. The Morgan fingerprint density at radius 2 is 1.93 bits per heavy atom. The topological polar surface area (TPSA) is 76.1 Å². The highest BCUT2D eigenvalue weighted by atomic mass is 32.1. The minimum absolute atomic E-state index is 0.122. The van der Waals surface area contributed by atoms with Crippen LogP contribution >= 0.6 is 11.3 Å².